The topological polar surface area (TPSA) is 53.0 Å². The largest absolute Gasteiger partial charge is 0.393 e. The van der Waals surface area contributed by atoms with Crippen LogP contribution in [0, 0.1) is 12.8 Å². The minimum absolute atomic E-state index is 0.0226. The van der Waals surface area contributed by atoms with Gasteiger partial charge in [0, 0.05) is 13.6 Å². The first-order valence-corrected chi connectivity index (χ1v) is 6.13. The molecule has 90 valence electrons. The summed E-state index contributed by atoms with van der Waals surface area (Å²) in [6, 6.07) is 0. The van der Waals surface area contributed by atoms with E-state index in [1.165, 1.54) is 32.1 Å². The summed E-state index contributed by atoms with van der Waals surface area (Å²) < 4.78 is 3.69. The lowest BCUT2D eigenvalue weighted by Crippen LogP contribution is -2.27. The number of nitrogen functional groups attached to an aromatic ring is 1. The van der Waals surface area contributed by atoms with Gasteiger partial charge in [-0.05, 0) is 25.7 Å². The second kappa shape index (κ2) is 4.36. The van der Waals surface area contributed by atoms with Crippen LogP contribution in [0.2, 0.25) is 0 Å². The molecule has 4 heteroatoms. The predicted molar refractivity (Wildman–Crippen MR) is 65.4 cm³/mol. The van der Waals surface area contributed by atoms with Crippen molar-refractivity contribution in [2.45, 2.75) is 45.6 Å². The molecule has 0 aliphatic heterocycles. The molecule has 1 heterocycles. The van der Waals surface area contributed by atoms with Gasteiger partial charge in [0.25, 0.3) is 5.56 Å². The molecule has 4 nitrogen and oxygen atoms in total. The lowest BCUT2D eigenvalue weighted by atomic mass is 9.89. The highest BCUT2D eigenvalue weighted by Crippen LogP contribution is 2.24. The smallest absolute Gasteiger partial charge is 0.290 e. The fraction of sp³-hybridized carbons (Fsp3) is 0.750. The van der Waals surface area contributed by atoms with Gasteiger partial charge in [-0.15, -0.1) is 0 Å². The summed E-state index contributed by atoms with van der Waals surface area (Å²) in [6.45, 7) is 2.72. The average molecular weight is 223 g/mol. The number of aromatic nitrogens is 2. The molecule has 0 radical (unpaired) electrons. The maximum atomic E-state index is 11.9. The van der Waals surface area contributed by atoms with E-state index < -0.39 is 0 Å². The van der Waals surface area contributed by atoms with Crippen molar-refractivity contribution in [3.8, 4) is 0 Å². The molecule has 0 atom stereocenters. The number of anilines is 1. The van der Waals surface area contributed by atoms with Gasteiger partial charge in [0.15, 0.2) is 0 Å². The third kappa shape index (κ3) is 1.88. The summed E-state index contributed by atoms with van der Waals surface area (Å²) in [4.78, 5) is 11.9. The summed E-state index contributed by atoms with van der Waals surface area (Å²) in [6.07, 6.45) is 6.45. The Balaban J connectivity index is 2.20. The molecule has 2 rings (SSSR count). The molecule has 1 aliphatic carbocycles. The van der Waals surface area contributed by atoms with E-state index in [4.69, 9.17) is 5.73 Å². The lowest BCUT2D eigenvalue weighted by Gasteiger charge is -2.22. The van der Waals surface area contributed by atoms with Crippen LogP contribution in [0.5, 0.6) is 0 Å². The maximum absolute atomic E-state index is 11.9. The Morgan fingerprint density at radius 3 is 2.44 bits per heavy atom. The summed E-state index contributed by atoms with van der Waals surface area (Å²) >= 11 is 0. The van der Waals surface area contributed by atoms with Crippen LogP contribution in [-0.2, 0) is 13.6 Å². The number of hydrogen-bond acceptors (Lipinski definition) is 2. The molecule has 0 aromatic carbocycles. The van der Waals surface area contributed by atoms with E-state index in [2.05, 4.69) is 0 Å². The summed E-state index contributed by atoms with van der Waals surface area (Å²) in [7, 11) is 1.91. The highest BCUT2D eigenvalue weighted by molar-refractivity contribution is 5.40. The van der Waals surface area contributed by atoms with E-state index in [9.17, 15) is 4.79 Å². The van der Waals surface area contributed by atoms with Crippen LogP contribution in [0.15, 0.2) is 4.79 Å². The Morgan fingerprint density at radius 2 is 1.94 bits per heavy atom. The van der Waals surface area contributed by atoms with Gasteiger partial charge >= 0.3 is 0 Å². The van der Waals surface area contributed by atoms with E-state index in [0.717, 1.165) is 12.2 Å². The average Bonchev–Trinajstić information content (AvgIpc) is 2.48. The fourth-order valence-electron chi connectivity index (χ4n) is 2.61. The van der Waals surface area contributed by atoms with Crippen molar-refractivity contribution in [1.82, 2.24) is 9.36 Å². The SMILES string of the molecule is Cc1c(N)c(=O)n(CC2CCCCC2)n1C. The van der Waals surface area contributed by atoms with E-state index in [1.54, 1.807) is 4.68 Å². The third-order valence-corrected chi connectivity index (χ3v) is 3.86. The first-order valence-electron chi connectivity index (χ1n) is 6.13. The molecule has 0 unspecified atom stereocenters. The molecule has 1 saturated carbocycles. The zero-order valence-corrected chi connectivity index (χ0v) is 10.2. The van der Waals surface area contributed by atoms with Gasteiger partial charge in [0.05, 0.1) is 5.69 Å². The third-order valence-electron chi connectivity index (χ3n) is 3.86. The highest BCUT2D eigenvalue weighted by Gasteiger charge is 2.18. The van der Waals surface area contributed by atoms with Gasteiger partial charge in [-0.1, -0.05) is 19.3 Å². The zero-order chi connectivity index (χ0) is 11.7. The molecule has 1 fully saturated rings. The predicted octanol–water partition coefficient (Wildman–Crippen LogP) is 1.66. The zero-order valence-electron chi connectivity index (χ0n) is 10.2. The van der Waals surface area contributed by atoms with Crippen molar-refractivity contribution in [1.29, 1.82) is 0 Å². The summed E-state index contributed by atoms with van der Waals surface area (Å²) in [5.41, 5.74) is 7.01. The monoisotopic (exact) mass is 223 g/mol. The highest BCUT2D eigenvalue weighted by atomic mass is 16.1. The first-order chi connectivity index (χ1) is 7.61. The van der Waals surface area contributed by atoms with E-state index in [0.29, 0.717) is 11.6 Å². The van der Waals surface area contributed by atoms with Crippen molar-refractivity contribution < 1.29 is 0 Å². The van der Waals surface area contributed by atoms with E-state index in [-0.39, 0.29) is 5.56 Å². The van der Waals surface area contributed by atoms with Gasteiger partial charge in [-0.25, -0.2) is 4.68 Å². The second-order valence-corrected chi connectivity index (χ2v) is 4.91. The molecule has 1 aliphatic rings. The number of nitrogens with zero attached hydrogens (tertiary/aromatic N) is 2. The van der Waals surface area contributed by atoms with Crippen molar-refractivity contribution in [2.75, 3.05) is 5.73 Å². The number of hydrogen-bond donors (Lipinski definition) is 1. The van der Waals surface area contributed by atoms with Crippen LogP contribution in [0.4, 0.5) is 5.69 Å². The van der Waals surface area contributed by atoms with Gasteiger partial charge in [0.1, 0.15) is 5.69 Å². The van der Waals surface area contributed by atoms with Crippen LogP contribution in [0.1, 0.15) is 37.8 Å². The Hall–Kier alpha value is -1.19. The number of rotatable bonds is 2. The molecular weight excluding hydrogens is 202 g/mol. The van der Waals surface area contributed by atoms with Crippen molar-refractivity contribution in [3.63, 3.8) is 0 Å². The molecular formula is C12H21N3O. The summed E-state index contributed by atoms with van der Waals surface area (Å²) in [5.74, 6) is 0.652. The molecule has 1 aromatic heterocycles. The Labute approximate surface area is 96.0 Å². The molecule has 0 spiro atoms. The standard InChI is InChI=1S/C12H21N3O/c1-9-11(13)12(16)15(14(9)2)8-10-6-4-3-5-7-10/h10H,3-8,13H2,1-2H3. The molecule has 2 N–H and O–H groups in total. The van der Waals surface area contributed by atoms with Crippen LogP contribution in [-0.4, -0.2) is 9.36 Å². The summed E-state index contributed by atoms with van der Waals surface area (Å²) in [5, 5.41) is 0. The van der Waals surface area contributed by atoms with Crippen LogP contribution in [0.3, 0.4) is 0 Å². The van der Waals surface area contributed by atoms with Crippen LogP contribution < -0.4 is 11.3 Å². The minimum Gasteiger partial charge on any atom is -0.393 e. The van der Waals surface area contributed by atoms with Crippen LogP contribution >= 0.6 is 0 Å². The quantitative estimate of drug-likeness (QED) is 0.829. The van der Waals surface area contributed by atoms with Crippen molar-refractivity contribution in [3.05, 3.63) is 16.0 Å². The fourth-order valence-corrected chi connectivity index (χ4v) is 2.61. The molecule has 0 bridgehead atoms. The van der Waals surface area contributed by atoms with Crippen LogP contribution in [0.25, 0.3) is 0 Å². The van der Waals surface area contributed by atoms with Gasteiger partial charge in [-0.3, -0.25) is 9.48 Å². The first kappa shape index (κ1) is 11.3. The lowest BCUT2D eigenvalue weighted by molar-refractivity contribution is 0.289. The Morgan fingerprint density at radius 1 is 1.31 bits per heavy atom. The Kier molecular flexibility index (Phi) is 3.08. The van der Waals surface area contributed by atoms with Crippen molar-refractivity contribution in [2.24, 2.45) is 13.0 Å². The minimum atomic E-state index is -0.0226. The second-order valence-electron chi connectivity index (χ2n) is 4.91. The molecule has 0 amide bonds. The van der Waals surface area contributed by atoms with Gasteiger partial charge in [0.2, 0.25) is 0 Å². The Bertz CT molecular complexity index is 424. The van der Waals surface area contributed by atoms with E-state index >= 15 is 0 Å². The molecule has 1 aromatic rings. The normalized spacial score (nSPS) is 17.9. The van der Waals surface area contributed by atoms with E-state index in [1.807, 2.05) is 18.7 Å². The van der Waals surface area contributed by atoms with Gasteiger partial charge < -0.3 is 5.73 Å². The number of nitrogens with two attached hydrogens (primary N) is 1. The van der Waals surface area contributed by atoms with Crippen molar-refractivity contribution >= 4 is 5.69 Å². The molecule has 0 saturated heterocycles. The maximum Gasteiger partial charge on any atom is 0.290 e. The van der Waals surface area contributed by atoms with Gasteiger partial charge in [-0.2, -0.15) is 0 Å². The molecule has 16 heavy (non-hydrogen) atoms.